The molecular formula is C16H25N5O3S. The van der Waals surface area contributed by atoms with E-state index in [1.54, 1.807) is 0 Å². The van der Waals surface area contributed by atoms with Crippen molar-refractivity contribution in [2.24, 2.45) is 11.8 Å². The number of piperidine rings is 1. The number of aromatic nitrogens is 1. The molecule has 4 N–H and O–H groups in total. The van der Waals surface area contributed by atoms with Gasteiger partial charge in [0.2, 0.25) is 11.8 Å². The number of rotatable bonds is 5. The number of carbonyl (C=O) groups is 2. The molecule has 8 nitrogen and oxygen atoms in total. The smallest absolute Gasteiger partial charge is 0.227 e. The summed E-state index contributed by atoms with van der Waals surface area (Å²) >= 11 is 1.40. The van der Waals surface area contributed by atoms with Gasteiger partial charge in [0.05, 0.1) is 30.7 Å². The minimum atomic E-state index is -0.177. The fourth-order valence-corrected chi connectivity index (χ4v) is 3.86. The fraction of sp³-hybridized carbons (Fsp3) is 0.688. The maximum absolute atomic E-state index is 12.6. The molecule has 2 aliphatic rings. The van der Waals surface area contributed by atoms with Crippen molar-refractivity contribution in [3.63, 3.8) is 0 Å². The Bertz CT molecular complexity index is 602. The second-order valence-corrected chi connectivity index (χ2v) is 7.33. The zero-order chi connectivity index (χ0) is 17.6. The number of hydrogen-bond donors (Lipinski definition) is 3. The molecule has 3 rings (SSSR count). The van der Waals surface area contributed by atoms with Gasteiger partial charge in [-0.15, -0.1) is 11.3 Å². The highest BCUT2D eigenvalue weighted by atomic mass is 32.1. The lowest BCUT2D eigenvalue weighted by atomic mass is 9.88. The van der Waals surface area contributed by atoms with Gasteiger partial charge in [-0.1, -0.05) is 0 Å². The van der Waals surface area contributed by atoms with E-state index in [4.69, 9.17) is 10.5 Å². The fourth-order valence-electron chi connectivity index (χ4n) is 3.27. The number of thiazole rings is 1. The van der Waals surface area contributed by atoms with Crippen LogP contribution in [0.3, 0.4) is 0 Å². The van der Waals surface area contributed by atoms with Crippen LogP contribution >= 0.6 is 11.3 Å². The predicted octanol–water partition coefficient (Wildman–Crippen LogP) is -0.531. The third-order valence-electron chi connectivity index (χ3n) is 4.64. The molecule has 138 valence electrons. The van der Waals surface area contributed by atoms with Crippen LogP contribution in [-0.4, -0.2) is 67.6 Å². The summed E-state index contributed by atoms with van der Waals surface area (Å²) in [5.74, 6) is -0.188. The number of amides is 2. The van der Waals surface area contributed by atoms with E-state index in [0.717, 1.165) is 5.69 Å². The van der Waals surface area contributed by atoms with Gasteiger partial charge in [0.15, 0.2) is 5.13 Å². The second kappa shape index (κ2) is 8.59. The van der Waals surface area contributed by atoms with Crippen LogP contribution in [0.5, 0.6) is 0 Å². The van der Waals surface area contributed by atoms with Crippen LogP contribution in [0.2, 0.25) is 0 Å². The SMILES string of the molecule is Nc1nc(CCNC(=O)[C@H]2CNC[C@H](C(=O)N3CCOCC3)C2)cs1. The monoisotopic (exact) mass is 367 g/mol. The summed E-state index contributed by atoms with van der Waals surface area (Å²) in [5, 5.41) is 8.63. The molecule has 1 aromatic heterocycles. The van der Waals surface area contributed by atoms with Gasteiger partial charge >= 0.3 is 0 Å². The first-order valence-corrected chi connectivity index (χ1v) is 9.56. The zero-order valence-electron chi connectivity index (χ0n) is 14.2. The number of carbonyl (C=O) groups excluding carboxylic acids is 2. The van der Waals surface area contributed by atoms with Crippen LogP contribution in [0.4, 0.5) is 5.13 Å². The zero-order valence-corrected chi connectivity index (χ0v) is 15.0. The highest BCUT2D eigenvalue weighted by Gasteiger charge is 2.33. The Kier molecular flexibility index (Phi) is 6.22. The number of nitrogens with zero attached hydrogens (tertiary/aromatic N) is 2. The summed E-state index contributed by atoms with van der Waals surface area (Å²) in [4.78, 5) is 31.0. The molecule has 0 spiro atoms. The number of nitrogens with one attached hydrogen (secondary N) is 2. The van der Waals surface area contributed by atoms with Crippen molar-refractivity contribution in [3.05, 3.63) is 11.1 Å². The van der Waals surface area contributed by atoms with Gasteiger partial charge in [0.25, 0.3) is 0 Å². The lowest BCUT2D eigenvalue weighted by molar-refractivity contribution is -0.141. The van der Waals surface area contributed by atoms with Crippen molar-refractivity contribution < 1.29 is 14.3 Å². The Hall–Kier alpha value is -1.71. The summed E-state index contributed by atoms with van der Waals surface area (Å²) in [6.07, 6.45) is 1.26. The van der Waals surface area contributed by atoms with Crippen LogP contribution in [0.15, 0.2) is 5.38 Å². The lowest BCUT2D eigenvalue weighted by Gasteiger charge is -2.34. The van der Waals surface area contributed by atoms with Gasteiger partial charge in [-0.05, 0) is 6.42 Å². The molecular weight excluding hydrogens is 342 g/mol. The van der Waals surface area contributed by atoms with E-state index >= 15 is 0 Å². The molecule has 0 unspecified atom stereocenters. The largest absolute Gasteiger partial charge is 0.378 e. The van der Waals surface area contributed by atoms with E-state index in [1.807, 2.05) is 10.3 Å². The molecule has 9 heteroatoms. The second-order valence-electron chi connectivity index (χ2n) is 6.44. The van der Waals surface area contributed by atoms with Crippen molar-refractivity contribution in [1.29, 1.82) is 0 Å². The van der Waals surface area contributed by atoms with Crippen molar-refractivity contribution >= 4 is 28.3 Å². The molecule has 0 bridgehead atoms. The first-order chi connectivity index (χ1) is 12.1. The molecule has 2 amide bonds. The molecule has 3 heterocycles. The summed E-state index contributed by atoms with van der Waals surface area (Å²) in [6.45, 7) is 4.25. The van der Waals surface area contributed by atoms with Crippen LogP contribution in [0.1, 0.15) is 12.1 Å². The molecule has 2 aliphatic heterocycles. The Morgan fingerprint density at radius 2 is 2.12 bits per heavy atom. The van der Waals surface area contributed by atoms with Crippen LogP contribution < -0.4 is 16.4 Å². The minimum absolute atomic E-state index is 0.00446. The van der Waals surface area contributed by atoms with E-state index in [0.29, 0.717) is 63.9 Å². The Labute approximate surface area is 151 Å². The van der Waals surface area contributed by atoms with Gasteiger partial charge in [-0.25, -0.2) is 4.98 Å². The Morgan fingerprint density at radius 3 is 2.84 bits per heavy atom. The summed E-state index contributed by atoms with van der Waals surface area (Å²) in [5.41, 5.74) is 6.49. The molecule has 2 saturated heterocycles. The normalized spacial score (nSPS) is 24.1. The summed E-state index contributed by atoms with van der Waals surface area (Å²) in [7, 11) is 0. The van der Waals surface area contributed by atoms with Crippen LogP contribution in [-0.2, 0) is 20.7 Å². The molecule has 2 atom stereocenters. The number of nitrogens with two attached hydrogens (primary N) is 1. The first-order valence-electron chi connectivity index (χ1n) is 8.68. The van der Waals surface area contributed by atoms with Crippen molar-refractivity contribution in [1.82, 2.24) is 20.5 Å². The Morgan fingerprint density at radius 1 is 1.36 bits per heavy atom. The number of morpholine rings is 1. The average molecular weight is 367 g/mol. The Balaban J connectivity index is 1.45. The third kappa shape index (κ3) is 4.90. The standard InChI is InChI=1S/C16H25N5O3S/c17-16-20-13(10-25-16)1-2-19-14(22)11-7-12(9-18-8-11)15(23)21-3-5-24-6-4-21/h10-12,18H,1-9H2,(H2,17,20)(H,19,22)/t11-,12-/m1/s1. The van der Waals surface area contributed by atoms with Crippen LogP contribution in [0, 0.1) is 11.8 Å². The highest BCUT2D eigenvalue weighted by Crippen LogP contribution is 2.20. The van der Waals surface area contributed by atoms with E-state index in [-0.39, 0.29) is 23.7 Å². The number of anilines is 1. The molecule has 0 saturated carbocycles. The molecule has 1 aromatic rings. The molecule has 0 aromatic carbocycles. The van der Waals surface area contributed by atoms with Gasteiger partial charge in [0, 0.05) is 44.5 Å². The van der Waals surface area contributed by atoms with E-state index in [2.05, 4.69) is 15.6 Å². The maximum atomic E-state index is 12.6. The quantitative estimate of drug-likeness (QED) is 0.645. The number of ether oxygens (including phenoxy) is 1. The van der Waals surface area contributed by atoms with Crippen molar-refractivity contribution in [3.8, 4) is 0 Å². The predicted molar refractivity (Wildman–Crippen MR) is 95.1 cm³/mol. The van der Waals surface area contributed by atoms with Gasteiger partial charge in [-0.2, -0.15) is 0 Å². The molecule has 25 heavy (non-hydrogen) atoms. The van der Waals surface area contributed by atoms with E-state index in [1.165, 1.54) is 11.3 Å². The highest BCUT2D eigenvalue weighted by molar-refractivity contribution is 7.13. The average Bonchev–Trinajstić information content (AvgIpc) is 3.07. The third-order valence-corrected chi connectivity index (χ3v) is 5.37. The van der Waals surface area contributed by atoms with Gasteiger partial charge in [0.1, 0.15) is 0 Å². The first kappa shape index (κ1) is 18.1. The van der Waals surface area contributed by atoms with Gasteiger partial charge < -0.3 is 26.0 Å². The van der Waals surface area contributed by atoms with E-state index in [9.17, 15) is 9.59 Å². The van der Waals surface area contributed by atoms with Crippen LogP contribution in [0.25, 0.3) is 0 Å². The summed E-state index contributed by atoms with van der Waals surface area (Å²) < 4.78 is 5.29. The number of hydrogen-bond acceptors (Lipinski definition) is 7. The molecule has 0 radical (unpaired) electrons. The molecule has 0 aliphatic carbocycles. The van der Waals surface area contributed by atoms with Crippen molar-refractivity contribution in [2.75, 3.05) is 51.7 Å². The molecule has 2 fully saturated rings. The van der Waals surface area contributed by atoms with Crippen molar-refractivity contribution in [2.45, 2.75) is 12.8 Å². The minimum Gasteiger partial charge on any atom is -0.378 e. The number of nitrogen functional groups attached to an aromatic ring is 1. The maximum Gasteiger partial charge on any atom is 0.227 e. The van der Waals surface area contributed by atoms with E-state index < -0.39 is 0 Å². The van der Waals surface area contributed by atoms with Gasteiger partial charge in [-0.3, -0.25) is 9.59 Å². The topological polar surface area (TPSA) is 110 Å². The lowest BCUT2D eigenvalue weighted by Crippen LogP contribution is -2.51. The summed E-state index contributed by atoms with van der Waals surface area (Å²) in [6, 6.07) is 0.